The number of benzene rings is 1. The van der Waals surface area contributed by atoms with E-state index in [1.807, 2.05) is 35.9 Å². The van der Waals surface area contributed by atoms with Gasteiger partial charge >= 0.3 is 0 Å². The van der Waals surface area contributed by atoms with E-state index in [1.54, 1.807) is 0 Å². The van der Waals surface area contributed by atoms with E-state index in [0.29, 0.717) is 5.69 Å². The third-order valence-electron chi connectivity index (χ3n) is 2.70. The molecule has 1 aromatic carbocycles. The molecule has 0 fully saturated rings. The van der Waals surface area contributed by atoms with Gasteiger partial charge in [0.15, 0.2) is 6.29 Å². The highest BCUT2D eigenvalue weighted by atomic mass is 16.1. The van der Waals surface area contributed by atoms with Crippen molar-refractivity contribution in [3.05, 3.63) is 47.7 Å². The van der Waals surface area contributed by atoms with Crippen molar-refractivity contribution in [2.75, 3.05) is 0 Å². The summed E-state index contributed by atoms with van der Waals surface area (Å²) in [5, 5.41) is 0. The maximum atomic E-state index is 10.7. The first-order valence-electron chi connectivity index (χ1n) is 4.91. The molecule has 15 heavy (non-hydrogen) atoms. The molecular formula is C13H13NO. The van der Waals surface area contributed by atoms with Crippen molar-refractivity contribution >= 4 is 6.29 Å². The standard InChI is InChI=1S/C13H13NO/c1-10-5-3-4-6-12(10)13-8-7-11(9-15)14(13)2/h3-9H,1-2H3. The highest BCUT2D eigenvalue weighted by Gasteiger charge is 2.07. The van der Waals surface area contributed by atoms with Crippen LogP contribution < -0.4 is 0 Å². The summed E-state index contributed by atoms with van der Waals surface area (Å²) in [4.78, 5) is 10.7. The summed E-state index contributed by atoms with van der Waals surface area (Å²) < 4.78 is 1.91. The van der Waals surface area contributed by atoms with Crippen LogP contribution in [0.5, 0.6) is 0 Å². The molecule has 0 radical (unpaired) electrons. The van der Waals surface area contributed by atoms with Crippen molar-refractivity contribution in [3.63, 3.8) is 0 Å². The predicted molar refractivity (Wildman–Crippen MR) is 61.0 cm³/mol. The Kier molecular flexibility index (Phi) is 2.42. The topological polar surface area (TPSA) is 22.0 Å². The van der Waals surface area contributed by atoms with Crippen LogP contribution in [0.4, 0.5) is 0 Å². The molecule has 1 aromatic heterocycles. The van der Waals surface area contributed by atoms with Crippen molar-refractivity contribution in [1.29, 1.82) is 0 Å². The monoisotopic (exact) mass is 199 g/mol. The Morgan fingerprint density at radius 1 is 1.13 bits per heavy atom. The first-order valence-corrected chi connectivity index (χ1v) is 4.91. The molecule has 2 rings (SSSR count). The molecule has 1 heterocycles. The van der Waals surface area contributed by atoms with Gasteiger partial charge in [0, 0.05) is 18.3 Å². The van der Waals surface area contributed by atoms with E-state index in [4.69, 9.17) is 0 Å². The summed E-state index contributed by atoms with van der Waals surface area (Å²) in [5.41, 5.74) is 4.17. The van der Waals surface area contributed by atoms with Gasteiger partial charge in [-0.1, -0.05) is 24.3 Å². The highest BCUT2D eigenvalue weighted by Crippen LogP contribution is 2.24. The number of aryl methyl sites for hydroxylation is 1. The zero-order chi connectivity index (χ0) is 10.8. The second-order valence-electron chi connectivity index (χ2n) is 3.64. The highest BCUT2D eigenvalue weighted by molar-refractivity contribution is 5.76. The first kappa shape index (κ1) is 9.71. The zero-order valence-electron chi connectivity index (χ0n) is 8.90. The third-order valence-corrected chi connectivity index (χ3v) is 2.70. The number of carbonyl (C=O) groups is 1. The molecule has 0 unspecified atom stereocenters. The summed E-state index contributed by atoms with van der Waals surface area (Å²) in [7, 11) is 1.91. The summed E-state index contributed by atoms with van der Waals surface area (Å²) >= 11 is 0. The lowest BCUT2D eigenvalue weighted by molar-refractivity contribution is 0.111. The molecule has 76 valence electrons. The minimum Gasteiger partial charge on any atom is -0.341 e. The van der Waals surface area contributed by atoms with Gasteiger partial charge in [0.2, 0.25) is 0 Å². The number of hydrogen-bond acceptors (Lipinski definition) is 1. The van der Waals surface area contributed by atoms with Crippen LogP contribution in [0.3, 0.4) is 0 Å². The van der Waals surface area contributed by atoms with Gasteiger partial charge in [-0.05, 0) is 24.6 Å². The van der Waals surface area contributed by atoms with Crippen molar-refractivity contribution < 1.29 is 4.79 Å². The molecule has 0 amide bonds. The van der Waals surface area contributed by atoms with Crippen LogP contribution in [-0.2, 0) is 7.05 Å². The molecule has 0 bridgehead atoms. The van der Waals surface area contributed by atoms with Crippen molar-refractivity contribution in [2.45, 2.75) is 6.92 Å². The largest absolute Gasteiger partial charge is 0.341 e. The minimum atomic E-state index is 0.702. The van der Waals surface area contributed by atoms with E-state index in [1.165, 1.54) is 11.1 Å². The number of nitrogens with zero attached hydrogens (tertiary/aromatic N) is 1. The van der Waals surface area contributed by atoms with Gasteiger partial charge in [0.25, 0.3) is 0 Å². The fourth-order valence-corrected chi connectivity index (χ4v) is 1.78. The Morgan fingerprint density at radius 2 is 1.87 bits per heavy atom. The van der Waals surface area contributed by atoms with Crippen LogP contribution in [-0.4, -0.2) is 10.9 Å². The molecule has 0 spiro atoms. The maximum absolute atomic E-state index is 10.7. The summed E-state index contributed by atoms with van der Waals surface area (Å²) in [5.74, 6) is 0. The Hall–Kier alpha value is -1.83. The first-order chi connectivity index (χ1) is 7.24. The summed E-state index contributed by atoms with van der Waals surface area (Å²) in [6.07, 6.45) is 0.877. The number of hydrogen-bond donors (Lipinski definition) is 0. The molecule has 0 N–H and O–H groups in total. The van der Waals surface area contributed by atoms with Crippen molar-refractivity contribution in [2.24, 2.45) is 7.05 Å². The molecule has 2 heteroatoms. The SMILES string of the molecule is Cc1ccccc1-c1ccc(C=O)n1C. The average molecular weight is 199 g/mol. The molecule has 0 saturated heterocycles. The average Bonchev–Trinajstić information content (AvgIpc) is 2.60. The quantitative estimate of drug-likeness (QED) is 0.682. The van der Waals surface area contributed by atoms with E-state index in [-0.39, 0.29) is 0 Å². The molecule has 2 aromatic rings. The van der Waals surface area contributed by atoms with Gasteiger partial charge in [-0.25, -0.2) is 0 Å². The molecule has 0 aliphatic heterocycles. The van der Waals surface area contributed by atoms with E-state index >= 15 is 0 Å². The van der Waals surface area contributed by atoms with E-state index in [0.717, 1.165) is 12.0 Å². The second-order valence-corrected chi connectivity index (χ2v) is 3.64. The normalized spacial score (nSPS) is 10.3. The molecule has 0 aliphatic rings. The van der Waals surface area contributed by atoms with Crippen LogP contribution >= 0.6 is 0 Å². The van der Waals surface area contributed by atoms with Gasteiger partial charge in [-0.2, -0.15) is 0 Å². The zero-order valence-corrected chi connectivity index (χ0v) is 8.90. The summed E-state index contributed by atoms with van der Waals surface area (Å²) in [6.45, 7) is 2.07. The summed E-state index contributed by atoms with van der Waals surface area (Å²) in [6, 6.07) is 12.0. The third kappa shape index (κ3) is 1.59. The Balaban J connectivity index is 2.59. The smallest absolute Gasteiger partial charge is 0.166 e. The Bertz CT molecular complexity index is 497. The Labute approximate surface area is 89.2 Å². The number of aldehydes is 1. The second kappa shape index (κ2) is 3.73. The molecule has 2 nitrogen and oxygen atoms in total. The van der Waals surface area contributed by atoms with Crippen molar-refractivity contribution in [1.82, 2.24) is 4.57 Å². The molecular weight excluding hydrogens is 186 g/mol. The van der Waals surface area contributed by atoms with E-state index < -0.39 is 0 Å². The Morgan fingerprint density at radius 3 is 2.47 bits per heavy atom. The predicted octanol–water partition coefficient (Wildman–Crippen LogP) is 2.81. The van der Waals surface area contributed by atoms with Gasteiger partial charge in [0.1, 0.15) is 0 Å². The maximum Gasteiger partial charge on any atom is 0.166 e. The number of rotatable bonds is 2. The van der Waals surface area contributed by atoms with E-state index in [2.05, 4.69) is 19.1 Å². The minimum absolute atomic E-state index is 0.702. The molecule has 0 atom stereocenters. The molecule has 0 saturated carbocycles. The van der Waals surface area contributed by atoms with Gasteiger partial charge in [-0.15, -0.1) is 0 Å². The fourth-order valence-electron chi connectivity index (χ4n) is 1.78. The molecule has 0 aliphatic carbocycles. The van der Waals surface area contributed by atoms with Gasteiger partial charge in [0.05, 0.1) is 5.69 Å². The van der Waals surface area contributed by atoms with Gasteiger partial charge in [-0.3, -0.25) is 4.79 Å². The van der Waals surface area contributed by atoms with Crippen molar-refractivity contribution in [3.8, 4) is 11.3 Å². The van der Waals surface area contributed by atoms with E-state index in [9.17, 15) is 4.79 Å². The van der Waals surface area contributed by atoms with Crippen LogP contribution in [0.2, 0.25) is 0 Å². The van der Waals surface area contributed by atoms with Crippen LogP contribution in [0.25, 0.3) is 11.3 Å². The lowest BCUT2D eigenvalue weighted by Crippen LogP contribution is -1.97. The fraction of sp³-hybridized carbons (Fsp3) is 0.154. The number of carbonyl (C=O) groups excluding carboxylic acids is 1. The lowest BCUT2D eigenvalue weighted by Gasteiger charge is -2.07. The van der Waals surface area contributed by atoms with Gasteiger partial charge < -0.3 is 4.57 Å². The van der Waals surface area contributed by atoms with Crippen LogP contribution in [0, 0.1) is 6.92 Å². The van der Waals surface area contributed by atoms with Crippen LogP contribution in [0.1, 0.15) is 16.1 Å². The van der Waals surface area contributed by atoms with Crippen LogP contribution in [0.15, 0.2) is 36.4 Å². The number of aromatic nitrogens is 1. The lowest BCUT2D eigenvalue weighted by atomic mass is 10.1.